The smallest absolute Gasteiger partial charge is 0.134 e. The fourth-order valence-corrected chi connectivity index (χ4v) is 2.62. The maximum absolute atomic E-state index is 6.27. The zero-order valence-corrected chi connectivity index (χ0v) is 12.4. The first kappa shape index (κ1) is 14.0. The first-order valence-electron chi connectivity index (χ1n) is 6.74. The van der Waals surface area contributed by atoms with E-state index in [4.69, 9.17) is 26.5 Å². The molecule has 0 fully saturated rings. The van der Waals surface area contributed by atoms with Crippen molar-refractivity contribution >= 4 is 22.6 Å². The molecule has 2 aromatic carbocycles. The molecule has 1 atom stereocenters. The number of halogens is 1. The van der Waals surface area contributed by atoms with Gasteiger partial charge in [-0.15, -0.1) is 0 Å². The SMILES string of the molecule is COc1ccc(Cl)cc1CC(N)c1cc2ccccc2o1. The van der Waals surface area contributed by atoms with Crippen molar-refractivity contribution < 1.29 is 9.15 Å². The van der Waals surface area contributed by atoms with Crippen molar-refractivity contribution in [2.24, 2.45) is 5.73 Å². The van der Waals surface area contributed by atoms with Gasteiger partial charge in [0.2, 0.25) is 0 Å². The monoisotopic (exact) mass is 301 g/mol. The van der Waals surface area contributed by atoms with Crippen LogP contribution in [0.15, 0.2) is 52.9 Å². The number of hydrogen-bond donors (Lipinski definition) is 1. The van der Waals surface area contributed by atoms with Crippen molar-refractivity contribution in [3.8, 4) is 5.75 Å². The van der Waals surface area contributed by atoms with Crippen LogP contribution in [0.1, 0.15) is 17.4 Å². The van der Waals surface area contributed by atoms with Gasteiger partial charge < -0.3 is 14.9 Å². The number of ether oxygens (including phenoxy) is 1. The van der Waals surface area contributed by atoms with Gasteiger partial charge >= 0.3 is 0 Å². The number of nitrogens with two attached hydrogens (primary N) is 1. The Labute approximate surface area is 128 Å². The van der Waals surface area contributed by atoms with E-state index in [0.29, 0.717) is 11.4 Å². The first-order valence-corrected chi connectivity index (χ1v) is 7.11. The number of para-hydroxylation sites is 1. The molecule has 4 heteroatoms. The minimum absolute atomic E-state index is 0.246. The third-order valence-corrected chi connectivity index (χ3v) is 3.73. The molecule has 0 aliphatic carbocycles. The van der Waals surface area contributed by atoms with Gasteiger partial charge in [0, 0.05) is 10.4 Å². The standard InChI is InChI=1S/C17H16ClNO2/c1-20-15-7-6-13(18)8-12(15)9-14(19)17-10-11-4-2-3-5-16(11)21-17/h2-8,10,14H,9,19H2,1H3. The summed E-state index contributed by atoms with van der Waals surface area (Å²) in [6, 6.07) is 15.1. The second kappa shape index (κ2) is 5.80. The molecular weight excluding hydrogens is 286 g/mol. The largest absolute Gasteiger partial charge is 0.496 e. The number of methoxy groups -OCH3 is 1. The van der Waals surface area contributed by atoms with Crippen LogP contribution in [0.4, 0.5) is 0 Å². The lowest BCUT2D eigenvalue weighted by Crippen LogP contribution is -2.13. The van der Waals surface area contributed by atoms with Crippen LogP contribution in [0.5, 0.6) is 5.75 Å². The summed E-state index contributed by atoms with van der Waals surface area (Å²) < 4.78 is 11.2. The van der Waals surface area contributed by atoms with Crippen molar-refractivity contribution in [3.05, 3.63) is 64.9 Å². The number of furan rings is 1. The van der Waals surface area contributed by atoms with Gasteiger partial charge in [-0.25, -0.2) is 0 Å². The topological polar surface area (TPSA) is 48.4 Å². The van der Waals surface area contributed by atoms with Gasteiger partial charge in [0.05, 0.1) is 13.2 Å². The fraction of sp³-hybridized carbons (Fsp3) is 0.176. The van der Waals surface area contributed by atoms with E-state index in [1.165, 1.54) is 0 Å². The number of hydrogen-bond acceptors (Lipinski definition) is 3. The molecule has 2 N–H and O–H groups in total. The highest BCUT2D eigenvalue weighted by Gasteiger charge is 2.15. The summed E-state index contributed by atoms with van der Waals surface area (Å²) in [5.74, 6) is 1.55. The molecule has 0 saturated carbocycles. The Morgan fingerprint density at radius 1 is 1.19 bits per heavy atom. The van der Waals surface area contributed by atoms with Gasteiger partial charge in [-0.2, -0.15) is 0 Å². The van der Waals surface area contributed by atoms with Crippen LogP contribution in [0.3, 0.4) is 0 Å². The summed E-state index contributed by atoms with van der Waals surface area (Å²) >= 11 is 6.05. The Hall–Kier alpha value is -1.97. The third-order valence-electron chi connectivity index (χ3n) is 3.49. The molecule has 3 aromatic rings. The summed E-state index contributed by atoms with van der Waals surface area (Å²) in [6.07, 6.45) is 0.601. The van der Waals surface area contributed by atoms with Gasteiger partial charge in [-0.1, -0.05) is 29.8 Å². The van der Waals surface area contributed by atoms with E-state index in [-0.39, 0.29) is 6.04 Å². The Balaban J connectivity index is 1.89. The minimum atomic E-state index is -0.246. The Bertz CT molecular complexity index is 733. The summed E-state index contributed by atoms with van der Waals surface area (Å²) in [7, 11) is 1.64. The minimum Gasteiger partial charge on any atom is -0.496 e. The second-order valence-electron chi connectivity index (χ2n) is 4.95. The van der Waals surface area contributed by atoms with E-state index in [9.17, 15) is 0 Å². The second-order valence-corrected chi connectivity index (χ2v) is 5.39. The lowest BCUT2D eigenvalue weighted by atomic mass is 10.0. The summed E-state index contributed by atoms with van der Waals surface area (Å²) in [5.41, 5.74) is 8.09. The predicted octanol–water partition coefficient (Wildman–Crippen LogP) is 4.34. The highest BCUT2D eigenvalue weighted by Crippen LogP contribution is 2.29. The highest BCUT2D eigenvalue weighted by molar-refractivity contribution is 6.30. The molecule has 1 aromatic heterocycles. The fourth-order valence-electron chi connectivity index (χ4n) is 2.43. The Kier molecular flexibility index (Phi) is 3.86. The average Bonchev–Trinajstić information content (AvgIpc) is 2.91. The van der Waals surface area contributed by atoms with Gasteiger partial charge in [-0.3, -0.25) is 0 Å². The molecule has 0 spiro atoms. The Morgan fingerprint density at radius 2 is 2.00 bits per heavy atom. The molecule has 0 aliphatic rings. The van der Waals surface area contributed by atoms with Crippen LogP contribution in [0, 0.1) is 0 Å². The molecular formula is C17H16ClNO2. The average molecular weight is 302 g/mol. The molecule has 108 valence electrons. The van der Waals surface area contributed by atoms with E-state index in [1.807, 2.05) is 42.5 Å². The molecule has 3 rings (SSSR count). The zero-order chi connectivity index (χ0) is 14.8. The predicted molar refractivity (Wildman–Crippen MR) is 84.9 cm³/mol. The molecule has 0 amide bonds. The van der Waals surface area contributed by atoms with Gasteiger partial charge in [0.25, 0.3) is 0 Å². The van der Waals surface area contributed by atoms with Crippen molar-refractivity contribution in [1.82, 2.24) is 0 Å². The quantitative estimate of drug-likeness (QED) is 0.780. The number of fused-ring (bicyclic) bond motifs is 1. The lowest BCUT2D eigenvalue weighted by molar-refractivity contribution is 0.405. The van der Waals surface area contributed by atoms with Crippen molar-refractivity contribution in [3.63, 3.8) is 0 Å². The highest BCUT2D eigenvalue weighted by atomic mass is 35.5. The summed E-state index contributed by atoms with van der Waals surface area (Å²) in [6.45, 7) is 0. The number of rotatable bonds is 4. The normalized spacial score (nSPS) is 12.5. The molecule has 0 bridgehead atoms. The lowest BCUT2D eigenvalue weighted by Gasteiger charge is -2.12. The van der Waals surface area contributed by atoms with Crippen LogP contribution in [0.25, 0.3) is 11.0 Å². The maximum atomic E-state index is 6.27. The van der Waals surface area contributed by atoms with Crippen LogP contribution in [-0.2, 0) is 6.42 Å². The Morgan fingerprint density at radius 3 is 2.76 bits per heavy atom. The van der Waals surface area contributed by atoms with Crippen LogP contribution in [0.2, 0.25) is 5.02 Å². The molecule has 3 nitrogen and oxygen atoms in total. The van der Waals surface area contributed by atoms with Crippen LogP contribution < -0.4 is 10.5 Å². The van der Waals surface area contributed by atoms with E-state index >= 15 is 0 Å². The molecule has 1 heterocycles. The van der Waals surface area contributed by atoms with E-state index in [0.717, 1.165) is 28.0 Å². The maximum Gasteiger partial charge on any atom is 0.134 e. The van der Waals surface area contributed by atoms with Crippen molar-refractivity contribution in [2.75, 3.05) is 7.11 Å². The summed E-state index contributed by atoms with van der Waals surface area (Å²) in [4.78, 5) is 0. The van der Waals surface area contributed by atoms with E-state index < -0.39 is 0 Å². The zero-order valence-electron chi connectivity index (χ0n) is 11.7. The third kappa shape index (κ3) is 2.89. The molecule has 0 aliphatic heterocycles. The van der Waals surface area contributed by atoms with Crippen LogP contribution >= 0.6 is 11.6 Å². The molecule has 0 saturated heterocycles. The molecule has 0 radical (unpaired) electrons. The van der Waals surface area contributed by atoms with Crippen LogP contribution in [-0.4, -0.2) is 7.11 Å². The molecule has 21 heavy (non-hydrogen) atoms. The van der Waals surface area contributed by atoms with Gasteiger partial charge in [0.15, 0.2) is 0 Å². The first-order chi connectivity index (χ1) is 10.2. The van der Waals surface area contributed by atoms with Gasteiger partial charge in [-0.05, 0) is 42.3 Å². The van der Waals surface area contributed by atoms with Gasteiger partial charge in [0.1, 0.15) is 17.1 Å². The van der Waals surface area contributed by atoms with E-state index in [1.54, 1.807) is 13.2 Å². The number of benzene rings is 2. The molecule has 1 unspecified atom stereocenters. The van der Waals surface area contributed by atoms with Crippen molar-refractivity contribution in [1.29, 1.82) is 0 Å². The summed E-state index contributed by atoms with van der Waals surface area (Å²) in [5, 5.41) is 1.73. The van der Waals surface area contributed by atoms with E-state index in [2.05, 4.69) is 0 Å². The van der Waals surface area contributed by atoms with Crippen molar-refractivity contribution in [2.45, 2.75) is 12.5 Å².